The number of carbonyl (C=O) groups excluding carboxylic acids is 1. The Labute approximate surface area is 152 Å². The van der Waals surface area contributed by atoms with Crippen LogP contribution in [0.4, 0.5) is 0 Å². The van der Waals surface area contributed by atoms with E-state index in [1.165, 1.54) is 18.4 Å². The van der Waals surface area contributed by atoms with Crippen molar-refractivity contribution < 1.29 is 9.53 Å². The van der Waals surface area contributed by atoms with Crippen LogP contribution in [0.1, 0.15) is 46.8 Å². The Kier molecular flexibility index (Phi) is 3.70. The Hall–Kier alpha value is -2.75. The van der Waals surface area contributed by atoms with Crippen LogP contribution in [0.15, 0.2) is 48.5 Å². The summed E-state index contributed by atoms with van der Waals surface area (Å²) in [6, 6.07) is 16.6. The molecule has 1 amide bonds. The molecule has 2 heterocycles. The van der Waals surface area contributed by atoms with E-state index in [4.69, 9.17) is 4.74 Å². The van der Waals surface area contributed by atoms with Crippen LogP contribution in [0.3, 0.4) is 0 Å². The van der Waals surface area contributed by atoms with Gasteiger partial charge in [-0.05, 0) is 60.6 Å². The number of benzene rings is 2. The Morgan fingerprint density at radius 1 is 1.08 bits per heavy atom. The van der Waals surface area contributed by atoms with Crippen molar-refractivity contribution in [3.63, 3.8) is 0 Å². The number of fused-ring (bicyclic) bond motifs is 2. The van der Waals surface area contributed by atoms with Crippen molar-refractivity contribution in [2.45, 2.75) is 37.6 Å². The average Bonchev–Trinajstić information content (AvgIpc) is 3.43. The summed E-state index contributed by atoms with van der Waals surface area (Å²) in [6.07, 6.45) is 4.18. The first-order chi connectivity index (χ1) is 12.8. The lowest BCUT2D eigenvalue weighted by molar-refractivity contribution is 0.0929. The second-order valence-electron chi connectivity index (χ2n) is 7.42. The molecule has 0 bridgehead atoms. The quantitative estimate of drug-likeness (QED) is 0.748. The van der Waals surface area contributed by atoms with Gasteiger partial charge in [-0.2, -0.15) is 0 Å². The van der Waals surface area contributed by atoms with E-state index in [9.17, 15) is 4.79 Å². The highest BCUT2D eigenvalue weighted by molar-refractivity contribution is 5.98. The summed E-state index contributed by atoms with van der Waals surface area (Å²) in [5, 5.41) is 4.30. The Bertz CT molecular complexity index is 971. The van der Waals surface area contributed by atoms with Crippen LogP contribution in [0, 0.1) is 0 Å². The maximum absolute atomic E-state index is 12.8. The molecule has 2 aromatic carbocycles. The molecule has 1 atom stereocenters. The molecule has 0 radical (unpaired) electrons. The molecule has 4 nitrogen and oxygen atoms in total. The van der Waals surface area contributed by atoms with E-state index in [1.54, 1.807) is 0 Å². The summed E-state index contributed by atoms with van der Waals surface area (Å²) < 4.78 is 5.80. The average molecular weight is 346 g/mol. The standard InChI is InChI=1S/C22H22N2O2/c25-22(23-18-9-10-26-21-4-2-1-3-16(21)12-18)20-13-17-11-15(14-5-6-14)7-8-19(17)24-20/h1-4,7-8,11,13-14,18,24H,5-6,9-10,12H2,(H,23,25). The van der Waals surface area contributed by atoms with E-state index in [0.717, 1.165) is 41.0 Å². The predicted molar refractivity (Wildman–Crippen MR) is 102 cm³/mol. The molecule has 1 unspecified atom stereocenters. The van der Waals surface area contributed by atoms with E-state index in [2.05, 4.69) is 34.6 Å². The molecule has 5 rings (SSSR count). The van der Waals surface area contributed by atoms with Crippen LogP contribution in [0.5, 0.6) is 5.75 Å². The molecule has 3 aromatic rings. The van der Waals surface area contributed by atoms with Crippen molar-refractivity contribution in [1.29, 1.82) is 0 Å². The van der Waals surface area contributed by atoms with Gasteiger partial charge in [0.25, 0.3) is 5.91 Å². The lowest BCUT2D eigenvalue weighted by Gasteiger charge is -2.15. The number of H-pyrrole nitrogens is 1. The first kappa shape index (κ1) is 15.5. The van der Waals surface area contributed by atoms with Gasteiger partial charge in [0.2, 0.25) is 0 Å². The maximum atomic E-state index is 12.8. The van der Waals surface area contributed by atoms with Gasteiger partial charge in [0.05, 0.1) is 6.61 Å². The number of amides is 1. The van der Waals surface area contributed by atoms with Crippen LogP contribution in [-0.4, -0.2) is 23.5 Å². The molecule has 0 spiro atoms. The highest BCUT2D eigenvalue weighted by Gasteiger charge is 2.24. The van der Waals surface area contributed by atoms with Crippen molar-refractivity contribution in [3.05, 3.63) is 65.4 Å². The van der Waals surface area contributed by atoms with Gasteiger partial charge < -0.3 is 15.0 Å². The third-order valence-corrected chi connectivity index (χ3v) is 5.44. The molecule has 1 saturated carbocycles. The van der Waals surface area contributed by atoms with Gasteiger partial charge >= 0.3 is 0 Å². The molecule has 0 saturated heterocycles. The first-order valence-corrected chi connectivity index (χ1v) is 9.40. The fraction of sp³-hybridized carbons (Fsp3) is 0.318. The van der Waals surface area contributed by atoms with Gasteiger partial charge in [-0.1, -0.05) is 24.3 Å². The van der Waals surface area contributed by atoms with Crippen molar-refractivity contribution in [3.8, 4) is 5.75 Å². The van der Waals surface area contributed by atoms with Gasteiger partial charge in [-0.3, -0.25) is 4.79 Å². The van der Waals surface area contributed by atoms with Gasteiger partial charge in [0.1, 0.15) is 11.4 Å². The molecule has 26 heavy (non-hydrogen) atoms. The topological polar surface area (TPSA) is 54.1 Å². The fourth-order valence-corrected chi connectivity index (χ4v) is 3.82. The summed E-state index contributed by atoms with van der Waals surface area (Å²) in [5.74, 6) is 1.61. The van der Waals surface area contributed by atoms with Crippen LogP contribution in [-0.2, 0) is 6.42 Å². The number of rotatable bonds is 3. The Morgan fingerprint density at radius 2 is 1.96 bits per heavy atom. The molecular formula is C22H22N2O2. The summed E-state index contributed by atoms with van der Waals surface area (Å²) in [5.41, 5.74) is 4.20. The number of hydrogen-bond donors (Lipinski definition) is 2. The lowest BCUT2D eigenvalue weighted by Crippen LogP contribution is -2.36. The third-order valence-electron chi connectivity index (χ3n) is 5.44. The monoisotopic (exact) mass is 346 g/mol. The van der Waals surface area contributed by atoms with E-state index in [-0.39, 0.29) is 11.9 Å². The number of hydrogen-bond acceptors (Lipinski definition) is 2. The minimum absolute atomic E-state index is 0.0430. The van der Waals surface area contributed by atoms with Crippen molar-refractivity contribution in [2.75, 3.05) is 6.61 Å². The van der Waals surface area contributed by atoms with E-state index < -0.39 is 0 Å². The highest BCUT2D eigenvalue weighted by Crippen LogP contribution is 2.40. The number of nitrogens with one attached hydrogen (secondary N) is 2. The molecule has 1 aromatic heterocycles. The number of aromatic amines is 1. The number of ether oxygens (including phenoxy) is 1. The summed E-state index contributed by atoms with van der Waals surface area (Å²) >= 11 is 0. The Balaban J connectivity index is 1.34. The zero-order valence-electron chi connectivity index (χ0n) is 14.6. The second-order valence-corrected chi connectivity index (χ2v) is 7.42. The Morgan fingerprint density at radius 3 is 2.85 bits per heavy atom. The molecule has 1 aliphatic heterocycles. The third kappa shape index (κ3) is 2.96. The van der Waals surface area contributed by atoms with Crippen molar-refractivity contribution in [2.24, 2.45) is 0 Å². The van der Waals surface area contributed by atoms with Crippen LogP contribution in [0.2, 0.25) is 0 Å². The maximum Gasteiger partial charge on any atom is 0.267 e. The molecule has 2 N–H and O–H groups in total. The normalized spacial score (nSPS) is 19.5. The molecule has 4 heteroatoms. The summed E-state index contributed by atoms with van der Waals surface area (Å²) in [6.45, 7) is 0.624. The number of para-hydroxylation sites is 1. The van der Waals surface area contributed by atoms with Gasteiger partial charge in [-0.25, -0.2) is 0 Å². The van der Waals surface area contributed by atoms with Gasteiger partial charge in [0, 0.05) is 23.4 Å². The zero-order valence-corrected chi connectivity index (χ0v) is 14.6. The van der Waals surface area contributed by atoms with Crippen LogP contribution < -0.4 is 10.1 Å². The molecule has 1 aliphatic carbocycles. The molecular weight excluding hydrogens is 324 g/mol. The largest absolute Gasteiger partial charge is 0.493 e. The van der Waals surface area contributed by atoms with Gasteiger partial charge in [0.15, 0.2) is 0 Å². The summed E-state index contributed by atoms with van der Waals surface area (Å²) in [7, 11) is 0. The SMILES string of the molecule is O=C(NC1CCOc2ccccc2C1)c1cc2cc(C3CC3)ccc2[nH]1. The second kappa shape index (κ2) is 6.20. The number of carbonyl (C=O) groups is 1. The smallest absolute Gasteiger partial charge is 0.267 e. The molecule has 2 aliphatic rings. The van der Waals surface area contributed by atoms with E-state index in [1.807, 2.05) is 24.3 Å². The van der Waals surface area contributed by atoms with Crippen molar-refractivity contribution >= 4 is 16.8 Å². The van der Waals surface area contributed by atoms with Crippen LogP contribution >= 0.6 is 0 Å². The lowest BCUT2D eigenvalue weighted by atomic mass is 10.0. The summed E-state index contributed by atoms with van der Waals surface area (Å²) in [4.78, 5) is 16.0. The zero-order chi connectivity index (χ0) is 17.5. The minimum atomic E-state index is -0.0430. The predicted octanol–water partition coefficient (Wildman–Crippen LogP) is 4.17. The highest BCUT2D eigenvalue weighted by atomic mass is 16.5. The van der Waals surface area contributed by atoms with Crippen LogP contribution in [0.25, 0.3) is 10.9 Å². The minimum Gasteiger partial charge on any atom is -0.493 e. The molecule has 132 valence electrons. The van der Waals surface area contributed by atoms with Crippen molar-refractivity contribution in [1.82, 2.24) is 10.3 Å². The van der Waals surface area contributed by atoms with E-state index >= 15 is 0 Å². The first-order valence-electron chi connectivity index (χ1n) is 9.40. The van der Waals surface area contributed by atoms with Gasteiger partial charge in [-0.15, -0.1) is 0 Å². The molecule has 1 fully saturated rings. The fourth-order valence-electron chi connectivity index (χ4n) is 3.82. The number of aromatic nitrogens is 1. The van der Waals surface area contributed by atoms with E-state index in [0.29, 0.717) is 12.3 Å².